The lowest BCUT2D eigenvalue weighted by atomic mass is 10.0. The maximum absolute atomic E-state index is 6.44. The Hall–Kier alpha value is -2.94. The fourth-order valence-electron chi connectivity index (χ4n) is 4.79. The highest BCUT2D eigenvalue weighted by Gasteiger charge is 2.41. The molecule has 1 N–H and O–H groups in total. The van der Waals surface area contributed by atoms with Gasteiger partial charge in [0.2, 0.25) is 0 Å². The fourth-order valence-corrected chi connectivity index (χ4v) is 5.13. The van der Waals surface area contributed by atoms with Gasteiger partial charge in [0.15, 0.2) is 5.11 Å². The average Bonchev–Trinajstić information content (AvgIpc) is 3.51. The summed E-state index contributed by atoms with van der Waals surface area (Å²) < 4.78 is 17.5. The Morgan fingerprint density at radius 1 is 1.06 bits per heavy atom. The number of thiocarbonyl (C=S) groups is 1. The van der Waals surface area contributed by atoms with Crippen LogP contribution in [0.25, 0.3) is 11.3 Å². The maximum atomic E-state index is 6.44. The van der Waals surface area contributed by atoms with Gasteiger partial charge in [0.1, 0.15) is 23.3 Å². The molecule has 3 aromatic rings. The van der Waals surface area contributed by atoms with Crippen molar-refractivity contribution in [3.05, 3.63) is 72.2 Å². The zero-order valence-corrected chi connectivity index (χ0v) is 20.9. The first-order valence-electron chi connectivity index (χ1n) is 12.3. The minimum Gasteiger partial charge on any atom is -0.494 e. The van der Waals surface area contributed by atoms with Crippen LogP contribution in [0.3, 0.4) is 0 Å². The second-order valence-corrected chi connectivity index (χ2v) is 9.17. The van der Waals surface area contributed by atoms with Crippen LogP contribution in [0.1, 0.15) is 36.9 Å². The molecule has 0 saturated carbocycles. The topological polar surface area (TPSA) is 63.0 Å². The average molecular weight is 493 g/mol. The standard InChI is InChI=1S/C27H32N4O3S/c1-2-33-21-9-7-20(8-10-21)23-11-12-24(34-23)26-25(22-6-3-4-13-28-22)29-27(35)31(26)15-5-14-30-16-18-32-19-17-30/h3-4,6-13,25-26H,2,5,14-19H2,1H3,(H,29,35)/t25-,26-/m0/s1. The lowest BCUT2D eigenvalue weighted by Gasteiger charge is -2.29. The molecular formula is C27H32N4O3S. The summed E-state index contributed by atoms with van der Waals surface area (Å²) in [5, 5.41) is 4.25. The van der Waals surface area contributed by atoms with Crippen LogP contribution in [0.5, 0.6) is 5.75 Å². The maximum Gasteiger partial charge on any atom is 0.170 e. The minimum absolute atomic E-state index is 0.0708. The van der Waals surface area contributed by atoms with E-state index in [1.807, 2.05) is 61.7 Å². The van der Waals surface area contributed by atoms with Gasteiger partial charge in [0.05, 0.1) is 31.6 Å². The monoisotopic (exact) mass is 492 g/mol. The van der Waals surface area contributed by atoms with Gasteiger partial charge in [-0.25, -0.2) is 0 Å². The van der Waals surface area contributed by atoms with Gasteiger partial charge in [-0.05, 0) is 74.1 Å². The van der Waals surface area contributed by atoms with Gasteiger partial charge in [-0.3, -0.25) is 9.88 Å². The van der Waals surface area contributed by atoms with Crippen LogP contribution >= 0.6 is 12.2 Å². The highest BCUT2D eigenvalue weighted by atomic mass is 32.1. The highest BCUT2D eigenvalue weighted by Crippen LogP contribution is 2.40. The Morgan fingerprint density at radius 3 is 2.63 bits per heavy atom. The van der Waals surface area contributed by atoms with Crippen molar-refractivity contribution < 1.29 is 13.9 Å². The summed E-state index contributed by atoms with van der Waals surface area (Å²) in [6.07, 6.45) is 2.84. The molecule has 0 unspecified atom stereocenters. The van der Waals surface area contributed by atoms with E-state index < -0.39 is 0 Å². The van der Waals surface area contributed by atoms with Crippen molar-refractivity contribution in [1.82, 2.24) is 20.1 Å². The molecule has 0 spiro atoms. The van der Waals surface area contributed by atoms with Gasteiger partial charge in [0.25, 0.3) is 0 Å². The van der Waals surface area contributed by atoms with E-state index in [0.29, 0.717) is 6.61 Å². The number of rotatable bonds is 9. The zero-order chi connectivity index (χ0) is 24.0. The van der Waals surface area contributed by atoms with Crippen LogP contribution in [0.2, 0.25) is 0 Å². The molecule has 2 saturated heterocycles. The summed E-state index contributed by atoms with van der Waals surface area (Å²) in [6, 6.07) is 17.9. The number of hydrogen-bond acceptors (Lipinski definition) is 6. The molecule has 2 aliphatic heterocycles. The third kappa shape index (κ3) is 5.50. The second kappa shape index (κ2) is 11.2. The van der Waals surface area contributed by atoms with E-state index in [4.69, 9.17) is 26.1 Å². The molecule has 2 aliphatic rings. The number of aromatic nitrogens is 1. The molecule has 8 heteroatoms. The van der Waals surface area contributed by atoms with Crippen molar-refractivity contribution in [3.8, 4) is 17.1 Å². The molecule has 184 valence electrons. The smallest absolute Gasteiger partial charge is 0.170 e. The van der Waals surface area contributed by atoms with Gasteiger partial charge >= 0.3 is 0 Å². The number of benzene rings is 1. The van der Waals surface area contributed by atoms with Gasteiger partial charge in [-0.2, -0.15) is 0 Å². The number of morpholine rings is 1. The Bertz CT molecular complexity index is 1100. The molecule has 4 heterocycles. The van der Waals surface area contributed by atoms with E-state index in [-0.39, 0.29) is 12.1 Å². The predicted molar refractivity (Wildman–Crippen MR) is 139 cm³/mol. The van der Waals surface area contributed by atoms with Crippen LogP contribution in [0, 0.1) is 0 Å². The van der Waals surface area contributed by atoms with E-state index in [0.717, 1.165) is 79.5 Å². The van der Waals surface area contributed by atoms with E-state index in [2.05, 4.69) is 26.2 Å². The molecule has 0 aliphatic carbocycles. The first kappa shape index (κ1) is 23.8. The molecule has 0 bridgehead atoms. The zero-order valence-electron chi connectivity index (χ0n) is 20.1. The van der Waals surface area contributed by atoms with Gasteiger partial charge in [0, 0.05) is 37.9 Å². The molecule has 5 rings (SSSR count). The largest absolute Gasteiger partial charge is 0.494 e. The molecule has 2 atom stereocenters. The number of hydrogen-bond donors (Lipinski definition) is 1. The Morgan fingerprint density at radius 2 is 1.89 bits per heavy atom. The third-order valence-electron chi connectivity index (χ3n) is 6.54. The Kier molecular flexibility index (Phi) is 7.61. The van der Waals surface area contributed by atoms with Crippen LogP contribution in [0.4, 0.5) is 0 Å². The predicted octanol–water partition coefficient (Wildman–Crippen LogP) is 4.44. The lowest BCUT2D eigenvalue weighted by molar-refractivity contribution is 0.0365. The number of furan rings is 1. The van der Waals surface area contributed by atoms with E-state index >= 15 is 0 Å². The first-order valence-corrected chi connectivity index (χ1v) is 12.7. The third-order valence-corrected chi connectivity index (χ3v) is 6.90. The van der Waals surface area contributed by atoms with Crippen molar-refractivity contribution in [2.45, 2.75) is 25.4 Å². The quantitative estimate of drug-likeness (QED) is 0.440. The number of nitrogens with zero attached hydrogens (tertiary/aromatic N) is 3. The Balaban J connectivity index is 1.37. The van der Waals surface area contributed by atoms with Crippen molar-refractivity contribution in [1.29, 1.82) is 0 Å². The fraction of sp³-hybridized carbons (Fsp3) is 0.407. The minimum atomic E-state index is -0.0774. The molecule has 2 aromatic heterocycles. The number of ether oxygens (including phenoxy) is 2. The van der Waals surface area contributed by atoms with Crippen LogP contribution in [0.15, 0.2) is 65.2 Å². The van der Waals surface area contributed by atoms with E-state index in [1.165, 1.54) is 0 Å². The van der Waals surface area contributed by atoms with Crippen molar-refractivity contribution in [3.63, 3.8) is 0 Å². The number of pyridine rings is 1. The molecular weight excluding hydrogens is 460 g/mol. The molecule has 1 aromatic carbocycles. The summed E-state index contributed by atoms with van der Waals surface area (Å²) in [5.41, 5.74) is 1.97. The highest BCUT2D eigenvalue weighted by molar-refractivity contribution is 7.80. The van der Waals surface area contributed by atoms with Gasteiger partial charge in [-0.1, -0.05) is 6.07 Å². The Labute approximate surface area is 212 Å². The molecule has 0 amide bonds. The molecule has 35 heavy (non-hydrogen) atoms. The molecule has 2 fully saturated rings. The van der Waals surface area contributed by atoms with Gasteiger partial charge in [-0.15, -0.1) is 0 Å². The van der Waals surface area contributed by atoms with Crippen LogP contribution < -0.4 is 10.1 Å². The summed E-state index contributed by atoms with van der Waals surface area (Å²) in [7, 11) is 0. The van der Waals surface area contributed by atoms with Crippen LogP contribution in [-0.2, 0) is 4.74 Å². The summed E-state index contributed by atoms with van der Waals surface area (Å²) in [5.74, 6) is 2.56. The number of nitrogens with one attached hydrogen (secondary N) is 1. The molecule has 7 nitrogen and oxygen atoms in total. The second-order valence-electron chi connectivity index (χ2n) is 8.79. The summed E-state index contributed by atoms with van der Waals surface area (Å²) in [4.78, 5) is 9.34. The van der Waals surface area contributed by atoms with Crippen molar-refractivity contribution >= 4 is 17.3 Å². The van der Waals surface area contributed by atoms with Crippen LogP contribution in [-0.4, -0.2) is 65.9 Å². The first-order chi connectivity index (χ1) is 17.2. The normalized spacial score (nSPS) is 20.7. The van der Waals surface area contributed by atoms with E-state index in [9.17, 15) is 0 Å². The van der Waals surface area contributed by atoms with Crippen molar-refractivity contribution in [2.24, 2.45) is 0 Å². The van der Waals surface area contributed by atoms with E-state index in [1.54, 1.807) is 0 Å². The van der Waals surface area contributed by atoms with Crippen molar-refractivity contribution in [2.75, 3.05) is 46.0 Å². The summed E-state index contributed by atoms with van der Waals surface area (Å²) >= 11 is 5.80. The SMILES string of the molecule is CCOc1ccc(-c2ccc([C@H]3[C@H](c4ccccn4)NC(=S)N3CCCN3CCOCC3)o2)cc1. The lowest BCUT2D eigenvalue weighted by Crippen LogP contribution is -2.38. The molecule has 0 radical (unpaired) electrons. The van der Waals surface area contributed by atoms with Gasteiger partial charge < -0.3 is 24.1 Å². The summed E-state index contributed by atoms with van der Waals surface area (Å²) in [6.45, 7) is 8.12.